The highest BCUT2D eigenvalue weighted by molar-refractivity contribution is 4.89. The molecule has 0 aromatic rings. The van der Waals surface area contributed by atoms with E-state index in [0.29, 0.717) is 0 Å². The molecule has 76 valence electrons. The Labute approximate surface area is 77.9 Å². The van der Waals surface area contributed by atoms with Crippen LogP contribution in [0.3, 0.4) is 0 Å². The molecule has 0 amide bonds. The van der Waals surface area contributed by atoms with Crippen LogP contribution in [0.25, 0.3) is 0 Å². The highest BCUT2D eigenvalue weighted by Crippen LogP contribution is 2.47. The van der Waals surface area contributed by atoms with Crippen molar-refractivity contribution in [3.8, 4) is 0 Å². The Morgan fingerprint density at radius 3 is 2.54 bits per heavy atom. The summed E-state index contributed by atoms with van der Waals surface area (Å²) in [5.74, 6) is -2.44. The zero-order chi connectivity index (χ0) is 9.31. The molecular formula is C10H17F2N. The van der Waals surface area contributed by atoms with Crippen molar-refractivity contribution in [3.63, 3.8) is 0 Å². The van der Waals surface area contributed by atoms with Gasteiger partial charge < -0.3 is 5.32 Å². The van der Waals surface area contributed by atoms with Gasteiger partial charge in [-0.2, -0.15) is 0 Å². The van der Waals surface area contributed by atoms with Crippen molar-refractivity contribution < 1.29 is 8.78 Å². The monoisotopic (exact) mass is 189 g/mol. The summed E-state index contributed by atoms with van der Waals surface area (Å²) in [6.45, 7) is 1.80. The predicted molar refractivity (Wildman–Crippen MR) is 47.9 cm³/mol. The first-order valence-electron chi connectivity index (χ1n) is 5.27. The summed E-state index contributed by atoms with van der Waals surface area (Å²) in [5, 5.41) is 3.18. The standard InChI is InChI=1S/C10H17F2N/c11-10(12,9-3-4-9)6-8-2-1-5-13-7-8/h8-9,13H,1-7H2. The molecular weight excluding hydrogens is 172 g/mol. The molecule has 0 spiro atoms. The van der Waals surface area contributed by atoms with E-state index < -0.39 is 5.92 Å². The van der Waals surface area contributed by atoms with Crippen LogP contribution in [0.4, 0.5) is 8.78 Å². The topological polar surface area (TPSA) is 12.0 Å². The van der Waals surface area contributed by atoms with Crippen molar-refractivity contribution in [3.05, 3.63) is 0 Å². The smallest absolute Gasteiger partial charge is 0.251 e. The minimum Gasteiger partial charge on any atom is -0.316 e. The summed E-state index contributed by atoms with van der Waals surface area (Å²) in [6.07, 6.45) is 3.64. The zero-order valence-corrected chi connectivity index (χ0v) is 7.86. The third-order valence-electron chi connectivity index (χ3n) is 3.13. The lowest BCUT2D eigenvalue weighted by Crippen LogP contribution is -2.34. The van der Waals surface area contributed by atoms with Crippen LogP contribution in [0.15, 0.2) is 0 Å². The van der Waals surface area contributed by atoms with E-state index >= 15 is 0 Å². The van der Waals surface area contributed by atoms with E-state index in [1.54, 1.807) is 0 Å². The Balaban J connectivity index is 1.80. The van der Waals surface area contributed by atoms with Crippen LogP contribution >= 0.6 is 0 Å². The van der Waals surface area contributed by atoms with Crippen molar-refractivity contribution in [2.75, 3.05) is 13.1 Å². The summed E-state index contributed by atoms with van der Waals surface area (Å²) in [4.78, 5) is 0. The Morgan fingerprint density at radius 1 is 1.23 bits per heavy atom. The fourth-order valence-corrected chi connectivity index (χ4v) is 2.16. The molecule has 1 saturated carbocycles. The number of rotatable bonds is 3. The van der Waals surface area contributed by atoms with Gasteiger partial charge in [-0.15, -0.1) is 0 Å². The predicted octanol–water partition coefficient (Wildman–Crippen LogP) is 2.42. The van der Waals surface area contributed by atoms with Gasteiger partial charge >= 0.3 is 0 Å². The molecule has 3 heteroatoms. The van der Waals surface area contributed by atoms with E-state index in [0.717, 1.165) is 38.8 Å². The molecule has 1 atom stereocenters. The number of hydrogen-bond donors (Lipinski definition) is 1. The number of nitrogens with one attached hydrogen (secondary N) is 1. The average Bonchev–Trinajstić information content (AvgIpc) is 2.87. The summed E-state index contributed by atoms with van der Waals surface area (Å²) < 4.78 is 26.7. The highest BCUT2D eigenvalue weighted by Gasteiger charge is 2.47. The van der Waals surface area contributed by atoms with Crippen molar-refractivity contribution in [1.29, 1.82) is 0 Å². The molecule has 2 fully saturated rings. The fraction of sp³-hybridized carbons (Fsp3) is 1.00. The van der Waals surface area contributed by atoms with Gasteiger partial charge in [0, 0.05) is 12.3 Å². The Morgan fingerprint density at radius 2 is 2.00 bits per heavy atom. The highest BCUT2D eigenvalue weighted by atomic mass is 19.3. The second-order valence-corrected chi connectivity index (χ2v) is 4.45. The molecule has 2 rings (SSSR count). The minimum atomic E-state index is -2.37. The molecule has 0 aromatic heterocycles. The van der Waals surface area contributed by atoms with Crippen LogP contribution in [-0.2, 0) is 0 Å². The number of piperidine rings is 1. The molecule has 0 radical (unpaired) electrons. The van der Waals surface area contributed by atoms with Crippen molar-refractivity contribution in [2.24, 2.45) is 11.8 Å². The summed E-state index contributed by atoms with van der Waals surface area (Å²) in [6, 6.07) is 0. The van der Waals surface area contributed by atoms with E-state index in [1.165, 1.54) is 0 Å². The van der Waals surface area contributed by atoms with Gasteiger partial charge in [0.05, 0.1) is 0 Å². The number of halogens is 2. The van der Waals surface area contributed by atoms with Gasteiger partial charge in [-0.25, -0.2) is 8.78 Å². The Bertz CT molecular complexity index is 172. The third-order valence-corrected chi connectivity index (χ3v) is 3.13. The molecule has 1 nitrogen and oxygen atoms in total. The lowest BCUT2D eigenvalue weighted by Gasteiger charge is -2.26. The van der Waals surface area contributed by atoms with Gasteiger partial charge in [-0.3, -0.25) is 0 Å². The molecule has 1 aliphatic carbocycles. The number of alkyl halides is 2. The maximum atomic E-state index is 13.4. The van der Waals surface area contributed by atoms with Crippen molar-refractivity contribution in [1.82, 2.24) is 5.32 Å². The maximum Gasteiger partial charge on any atom is 0.251 e. The van der Waals surface area contributed by atoms with E-state index in [2.05, 4.69) is 5.32 Å². The van der Waals surface area contributed by atoms with Gasteiger partial charge in [0.15, 0.2) is 0 Å². The second kappa shape index (κ2) is 3.52. The van der Waals surface area contributed by atoms with E-state index in [9.17, 15) is 8.78 Å². The van der Waals surface area contributed by atoms with Crippen LogP contribution in [0.1, 0.15) is 32.1 Å². The first kappa shape index (κ1) is 9.38. The Hall–Kier alpha value is -0.180. The molecule has 1 aliphatic heterocycles. The van der Waals surface area contributed by atoms with Gasteiger partial charge in [0.2, 0.25) is 0 Å². The Kier molecular flexibility index (Phi) is 2.54. The molecule has 0 bridgehead atoms. The molecule has 1 saturated heterocycles. The molecule has 2 aliphatic rings. The molecule has 13 heavy (non-hydrogen) atoms. The molecule has 1 N–H and O–H groups in total. The molecule has 0 aromatic carbocycles. The summed E-state index contributed by atoms with van der Waals surface area (Å²) in [5.41, 5.74) is 0. The van der Waals surface area contributed by atoms with Gasteiger partial charge in [-0.1, -0.05) is 0 Å². The van der Waals surface area contributed by atoms with Crippen molar-refractivity contribution in [2.45, 2.75) is 38.0 Å². The van der Waals surface area contributed by atoms with Crippen LogP contribution in [0, 0.1) is 11.8 Å². The second-order valence-electron chi connectivity index (χ2n) is 4.45. The third kappa shape index (κ3) is 2.39. The average molecular weight is 189 g/mol. The molecule has 1 heterocycles. The first-order chi connectivity index (χ1) is 6.18. The number of hydrogen-bond acceptors (Lipinski definition) is 1. The zero-order valence-electron chi connectivity index (χ0n) is 7.86. The normalized spacial score (nSPS) is 30.5. The minimum absolute atomic E-state index is 0.116. The largest absolute Gasteiger partial charge is 0.316 e. The lowest BCUT2D eigenvalue weighted by molar-refractivity contribution is -0.0469. The van der Waals surface area contributed by atoms with Crippen LogP contribution < -0.4 is 5.32 Å². The maximum absolute atomic E-state index is 13.4. The van der Waals surface area contributed by atoms with Crippen LogP contribution in [0.2, 0.25) is 0 Å². The fourth-order valence-electron chi connectivity index (χ4n) is 2.16. The van der Waals surface area contributed by atoms with Crippen molar-refractivity contribution >= 4 is 0 Å². The van der Waals surface area contributed by atoms with E-state index in [4.69, 9.17) is 0 Å². The molecule has 1 unspecified atom stereocenters. The van der Waals surface area contributed by atoms with Gasteiger partial charge in [0.1, 0.15) is 0 Å². The SMILES string of the molecule is FC(F)(CC1CCCNC1)C1CC1. The summed E-state index contributed by atoms with van der Waals surface area (Å²) >= 11 is 0. The van der Waals surface area contributed by atoms with Gasteiger partial charge in [0.25, 0.3) is 5.92 Å². The quantitative estimate of drug-likeness (QED) is 0.719. The van der Waals surface area contributed by atoms with E-state index in [-0.39, 0.29) is 18.3 Å². The summed E-state index contributed by atoms with van der Waals surface area (Å²) in [7, 11) is 0. The van der Waals surface area contributed by atoms with Crippen LogP contribution in [0.5, 0.6) is 0 Å². The van der Waals surface area contributed by atoms with Gasteiger partial charge in [-0.05, 0) is 44.7 Å². The first-order valence-corrected chi connectivity index (χ1v) is 5.27. The van der Waals surface area contributed by atoms with Crippen LogP contribution in [-0.4, -0.2) is 19.0 Å². The van der Waals surface area contributed by atoms with E-state index in [1.807, 2.05) is 0 Å². The lowest BCUT2D eigenvalue weighted by atomic mass is 9.91.